The first-order chi connectivity index (χ1) is 21.6. The van der Waals surface area contributed by atoms with Crippen LogP contribution in [0.4, 0.5) is 0 Å². The summed E-state index contributed by atoms with van der Waals surface area (Å²) in [5, 5.41) is 7.81. The molecule has 0 aliphatic rings. The van der Waals surface area contributed by atoms with Gasteiger partial charge in [0.1, 0.15) is 17.2 Å². The Bertz CT molecular complexity index is 1620. The number of para-hydroxylation sites is 1. The number of methoxy groups -OCH3 is 2. The first-order valence-electron chi connectivity index (χ1n) is 15.0. The van der Waals surface area contributed by atoms with Crippen molar-refractivity contribution >= 4 is 23.5 Å². The average molecular weight is 611 g/mol. The van der Waals surface area contributed by atoms with Crippen molar-refractivity contribution in [3.63, 3.8) is 0 Å². The smallest absolute Gasteiger partial charge is 0.253 e. The van der Waals surface area contributed by atoms with Crippen LogP contribution in [0.3, 0.4) is 0 Å². The first-order valence-corrected chi connectivity index (χ1v) is 15.0. The number of carbonyl (C=O) groups excluding carboxylic acids is 2. The molecule has 0 fully saturated rings. The Hall–Kier alpha value is -5.05. The van der Waals surface area contributed by atoms with Gasteiger partial charge >= 0.3 is 0 Å². The summed E-state index contributed by atoms with van der Waals surface area (Å²) in [6, 6.07) is 22.7. The van der Waals surface area contributed by atoms with E-state index in [1.54, 1.807) is 44.0 Å². The lowest BCUT2D eigenvalue weighted by molar-refractivity contribution is -0.123. The normalized spacial score (nSPS) is 11.9. The highest BCUT2D eigenvalue weighted by molar-refractivity contribution is 6.24. The molecule has 4 rings (SSSR count). The Morgan fingerprint density at radius 2 is 1.60 bits per heavy atom. The van der Waals surface area contributed by atoms with Crippen molar-refractivity contribution in [3.05, 3.63) is 95.2 Å². The van der Waals surface area contributed by atoms with E-state index in [0.29, 0.717) is 41.5 Å². The summed E-state index contributed by atoms with van der Waals surface area (Å²) < 4.78 is 19.1. The highest BCUT2D eigenvalue weighted by Gasteiger charge is 2.21. The van der Waals surface area contributed by atoms with Crippen LogP contribution in [-0.2, 0) is 16.0 Å². The van der Waals surface area contributed by atoms with Crippen molar-refractivity contribution in [3.8, 4) is 28.8 Å². The molecule has 236 valence electrons. The summed E-state index contributed by atoms with van der Waals surface area (Å²) in [5.41, 5.74) is 4.48. The lowest BCUT2D eigenvalue weighted by Crippen LogP contribution is -2.32. The Balaban J connectivity index is 1.68. The van der Waals surface area contributed by atoms with Crippen LogP contribution in [-0.4, -0.2) is 60.9 Å². The zero-order valence-corrected chi connectivity index (χ0v) is 27.1. The third-order valence-electron chi connectivity index (χ3n) is 7.46. The van der Waals surface area contributed by atoms with E-state index in [-0.39, 0.29) is 17.9 Å². The van der Waals surface area contributed by atoms with Crippen LogP contribution < -0.4 is 19.5 Å². The molecular formula is C36H42N4O5. The summed E-state index contributed by atoms with van der Waals surface area (Å²) >= 11 is 0. The van der Waals surface area contributed by atoms with Gasteiger partial charge in [0, 0.05) is 43.8 Å². The Kier molecular flexibility index (Phi) is 11.0. The zero-order chi connectivity index (χ0) is 32.5. The number of carbonyl (C=O) groups is 2. The third-order valence-corrected chi connectivity index (χ3v) is 7.46. The summed E-state index contributed by atoms with van der Waals surface area (Å²) in [7, 11) is 6.62. The van der Waals surface area contributed by atoms with Crippen LogP contribution in [0.15, 0.2) is 72.8 Å². The van der Waals surface area contributed by atoms with E-state index >= 15 is 0 Å². The minimum Gasteiger partial charge on any atom is -0.497 e. The van der Waals surface area contributed by atoms with E-state index < -0.39 is 0 Å². The quantitative estimate of drug-likeness (QED) is 0.138. The minimum atomic E-state index is -0.152. The minimum absolute atomic E-state index is 0.00922. The molecule has 0 saturated heterocycles. The van der Waals surface area contributed by atoms with Crippen LogP contribution in [0.2, 0.25) is 0 Å². The second kappa shape index (κ2) is 15.1. The van der Waals surface area contributed by atoms with Crippen molar-refractivity contribution in [2.24, 2.45) is 0 Å². The summed E-state index contributed by atoms with van der Waals surface area (Å²) in [6.45, 7) is 5.96. The van der Waals surface area contributed by atoms with Gasteiger partial charge in [0.25, 0.3) is 5.91 Å². The molecule has 2 amide bonds. The number of ether oxygens (including phenoxy) is 3. The lowest BCUT2D eigenvalue weighted by Gasteiger charge is -2.16. The number of hydrogen-bond acceptors (Lipinski definition) is 6. The molecule has 1 atom stereocenters. The van der Waals surface area contributed by atoms with Crippen molar-refractivity contribution in [2.45, 2.75) is 46.1 Å². The number of amides is 2. The van der Waals surface area contributed by atoms with Gasteiger partial charge in [-0.05, 0) is 80.3 Å². The number of nitrogens with zero attached hydrogens (tertiary/aromatic N) is 3. The number of likely N-dealkylation sites (N-methyl/N-ethyl adjacent to an activating group) is 1. The molecule has 45 heavy (non-hydrogen) atoms. The number of rotatable bonds is 13. The summed E-state index contributed by atoms with van der Waals surface area (Å²) in [6.07, 6.45) is 3.48. The van der Waals surface area contributed by atoms with Gasteiger partial charge in [-0.25, -0.2) is 4.68 Å². The summed E-state index contributed by atoms with van der Waals surface area (Å²) in [5.74, 6) is 2.21. The topological polar surface area (TPSA) is 94.9 Å². The van der Waals surface area contributed by atoms with Crippen LogP contribution in [0, 0.1) is 6.92 Å². The van der Waals surface area contributed by atoms with Gasteiger partial charge in [0.2, 0.25) is 11.8 Å². The SMILES string of the molecule is CCC(C)NC(=O)CCc1c(C)nn(-c2ccccc2)c1Oc1ccc(C(=Cc2cc(OC)cc(OC)c2)C(=O)N(C)C)cc1. The van der Waals surface area contributed by atoms with Gasteiger partial charge in [-0.1, -0.05) is 37.3 Å². The molecule has 0 aliphatic carbocycles. The molecule has 0 saturated carbocycles. The average Bonchev–Trinajstić information content (AvgIpc) is 3.36. The van der Waals surface area contributed by atoms with Gasteiger partial charge < -0.3 is 24.4 Å². The van der Waals surface area contributed by atoms with Gasteiger partial charge in [-0.2, -0.15) is 5.10 Å². The van der Waals surface area contributed by atoms with E-state index in [2.05, 4.69) is 5.32 Å². The molecule has 0 radical (unpaired) electrons. The Morgan fingerprint density at radius 1 is 0.956 bits per heavy atom. The van der Waals surface area contributed by atoms with E-state index in [9.17, 15) is 9.59 Å². The van der Waals surface area contributed by atoms with Crippen molar-refractivity contribution in [2.75, 3.05) is 28.3 Å². The van der Waals surface area contributed by atoms with Crippen molar-refractivity contribution < 1.29 is 23.8 Å². The maximum Gasteiger partial charge on any atom is 0.253 e. The summed E-state index contributed by atoms with van der Waals surface area (Å²) in [4.78, 5) is 27.5. The molecule has 9 nitrogen and oxygen atoms in total. The highest BCUT2D eigenvalue weighted by Crippen LogP contribution is 2.33. The number of aromatic nitrogens is 2. The molecule has 1 heterocycles. The molecule has 0 bridgehead atoms. The first kappa shape index (κ1) is 32.9. The Morgan fingerprint density at radius 3 is 2.18 bits per heavy atom. The molecule has 1 unspecified atom stereocenters. The molecule has 0 spiro atoms. The molecule has 3 aromatic carbocycles. The molecule has 0 aliphatic heterocycles. The van der Waals surface area contributed by atoms with E-state index in [1.165, 1.54) is 0 Å². The maximum absolute atomic E-state index is 13.3. The van der Waals surface area contributed by atoms with Crippen LogP contribution >= 0.6 is 0 Å². The van der Waals surface area contributed by atoms with Gasteiger partial charge in [0.15, 0.2) is 0 Å². The second-order valence-electron chi connectivity index (χ2n) is 11.0. The van der Waals surface area contributed by atoms with Crippen LogP contribution in [0.5, 0.6) is 23.1 Å². The number of benzene rings is 3. The largest absolute Gasteiger partial charge is 0.497 e. The molecule has 4 aromatic rings. The maximum atomic E-state index is 13.3. The van der Waals surface area contributed by atoms with Crippen molar-refractivity contribution in [1.82, 2.24) is 20.0 Å². The second-order valence-corrected chi connectivity index (χ2v) is 11.0. The molecule has 9 heteroatoms. The van der Waals surface area contributed by atoms with Gasteiger partial charge in [0.05, 0.1) is 25.6 Å². The number of nitrogens with one attached hydrogen (secondary N) is 1. The molecular weight excluding hydrogens is 568 g/mol. The Labute approximate surface area is 265 Å². The van der Waals surface area contributed by atoms with Crippen LogP contribution in [0.1, 0.15) is 49.1 Å². The monoisotopic (exact) mass is 610 g/mol. The van der Waals surface area contributed by atoms with E-state index in [0.717, 1.165) is 34.5 Å². The fourth-order valence-corrected chi connectivity index (χ4v) is 4.77. The third kappa shape index (κ3) is 8.32. The van der Waals surface area contributed by atoms with E-state index in [1.807, 2.05) is 93.6 Å². The fraction of sp³-hybridized carbons (Fsp3) is 0.306. The highest BCUT2D eigenvalue weighted by atomic mass is 16.5. The number of hydrogen-bond donors (Lipinski definition) is 1. The van der Waals surface area contributed by atoms with Gasteiger partial charge in [-0.15, -0.1) is 0 Å². The number of aryl methyl sites for hydroxylation is 1. The van der Waals surface area contributed by atoms with Crippen LogP contribution in [0.25, 0.3) is 17.3 Å². The molecule has 1 aromatic heterocycles. The zero-order valence-electron chi connectivity index (χ0n) is 27.1. The van der Waals surface area contributed by atoms with E-state index in [4.69, 9.17) is 19.3 Å². The fourth-order valence-electron chi connectivity index (χ4n) is 4.77. The van der Waals surface area contributed by atoms with Crippen molar-refractivity contribution in [1.29, 1.82) is 0 Å². The lowest BCUT2D eigenvalue weighted by atomic mass is 10.0. The predicted octanol–water partition coefficient (Wildman–Crippen LogP) is 6.47. The molecule has 1 N–H and O–H groups in total. The van der Waals surface area contributed by atoms with Gasteiger partial charge in [-0.3, -0.25) is 9.59 Å². The standard InChI is InChI=1S/C36H42N4O5/c1-8-24(2)37-34(41)19-18-32-25(3)38-40(28-12-10-9-11-13-28)36(32)45-29-16-14-27(15-17-29)33(35(42)39(4)5)22-26-20-30(43-6)23-31(21-26)44-7/h9-17,20-24H,8,18-19H2,1-7H3,(H,37,41). The predicted molar refractivity (Wildman–Crippen MR) is 177 cm³/mol.